The monoisotopic (exact) mass is 332 g/mol. The van der Waals surface area contributed by atoms with Gasteiger partial charge in [0.25, 0.3) is 5.69 Å². The van der Waals surface area contributed by atoms with Gasteiger partial charge >= 0.3 is 0 Å². The van der Waals surface area contributed by atoms with Crippen LogP contribution in [0.3, 0.4) is 0 Å². The quantitative estimate of drug-likeness (QED) is 0.560. The maximum atomic E-state index is 11.0. The molecule has 1 N–H and O–H groups in total. The van der Waals surface area contributed by atoms with Crippen LogP contribution in [-0.2, 0) is 0 Å². The fourth-order valence-electron chi connectivity index (χ4n) is 2.06. The normalized spacial score (nSPS) is 10.6. The number of hydrogen-bond acceptors (Lipinski definition) is 7. The van der Waals surface area contributed by atoms with Gasteiger partial charge in [0.1, 0.15) is 5.69 Å². The zero-order valence-electron chi connectivity index (χ0n) is 11.9. The zero-order chi connectivity index (χ0) is 15.7. The Hall–Kier alpha value is -2.32. The average Bonchev–Trinajstić information content (AvgIpc) is 3.05. The molecule has 3 aromatic rings. The molecule has 0 bridgehead atoms. The van der Waals surface area contributed by atoms with Crippen molar-refractivity contribution in [2.75, 3.05) is 5.32 Å². The topological polar surface area (TPSA) is 81.0 Å². The highest BCUT2D eigenvalue weighted by molar-refractivity contribution is 7.16. The number of anilines is 2. The van der Waals surface area contributed by atoms with Crippen molar-refractivity contribution in [3.05, 3.63) is 50.5 Å². The molecule has 6 nitrogen and oxygen atoms in total. The SMILES string of the molecule is Cc1nc(C)c(-c2csc(Nc3ccccc3[N+](=O)[O-])n2)s1. The van der Waals surface area contributed by atoms with Gasteiger partial charge < -0.3 is 5.32 Å². The van der Waals surface area contributed by atoms with Gasteiger partial charge in [-0.15, -0.1) is 22.7 Å². The molecule has 0 atom stereocenters. The van der Waals surface area contributed by atoms with Crippen LogP contribution in [-0.4, -0.2) is 14.9 Å². The number of nitro benzene ring substituents is 1. The molecular formula is C14H12N4O2S2. The molecule has 2 heterocycles. The average molecular weight is 332 g/mol. The van der Waals surface area contributed by atoms with E-state index in [9.17, 15) is 10.1 Å². The summed E-state index contributed by atoms with van der Waals surface area (Å²) in [4.78, 5) is 20.5. The number of hydrogen-bond donors (Lipinski definition) is 1. The van der Waals surface area contributed by atoms with Gasteiger partial charge in [0.2, 0.25) is 0 Å². The van der Waals surface area contributed by atoms with Crippen LogP contribution in [0.15, 0.2) is 29.6 Å². The smallest absolute Gasteiger partial charge is 0.292 e. The third-order valence-corrected chi connectivity index (χ3v) is 4.84. The molecular weight excluding hydrogens is 320 g/mol. The number of aryl methyl sites for hydroxylation is 2. The number of rotatable bonds is 4. The van der Waals surface area contributed by atoms with E-state index in [1.54, 1.807) is 29.5 Å². The summed E-state index contributed by atoms with van der Waals surface area (Å²) in [6, 6.07) is 6.52. The fraction of sp³-hybridized carbons (Fsp3) is 0.143. The second-order valence-corrected chi connectivity index (χ2v) is 6.65. The third kappa shape index (κ3) is 2.83. The standard InChI is InChI=1S/C14H12N4O2S2/c1-8-13(22-9(2)15-8)11-7-21-14(17-11)16-10-5-3-4-6-12(10)18(19)20/h3-7H,1-2H3,(H,16,17). The van der Waals surface area contributed by atoms with E-state index in [0.29, 0.717) is 10.8 Å². The van der Waals surface area contributed by atoms with E-state index in [1.807, 2.05) is 19.2 Å². The van der Waals surface area contributed by atoms with Crippen molar-refractivity contribution in [2.45, 2.75) is 13.8 Å². The lowest BCUT2D eigenvalue weighted by Gasteiger charge is -2.02. The Morgan fingerprint density at radius 3 is 2.68 bits per heavy atom. The van der Waals surface area contributed by atoms with Gasteiger partial charge in [-0.05, 0) is 19.9 Å². The summed E-state index contributed by atoms with van der Waals surface area (Å²) in [5, 5.41) is 17.6. The van der Waals surface area contributed by atoms with E-state index in [2.05, 4.69) is 15.3 Å². The minimum Gasteiger partial charge on any atom is -0.326 e. The first kappa shape index (κ1) is 14.6. The Balaban J connectivity index is 1.89. The van der Waals surface area contributed by atoms with E-state index in [1.165, 1.54) is 17.4 Å². The Labute approximate surface area is 134 Å². The predicted octanol–water partition coefficient (Wildman–Crippen LogP) is 4.54. The van der Waals surface area contributed by atoms with E-state index in [0.717, 1.165) is 21.3 Å². The van der Waals surface area contributed by atoms with Crippen molar-refractivity contribution in [3.63, 3.8) is 0 Å². The second kappa shape index (κ2) is 5.82. The van der Waals surface area contributed by atoms with Crippen molar-refractivity contribution in [1.29, 1.82) is 0 Å². The first-order chi connectivity index (χ1) is 10.5. The number of nitrogens with zero attached hydrogens (tertiary/aromatic N) is 3. The summed E-state index contributed by atoms with van der Waals surface area (Å²) in [5.41, 5.74) is 2.26. The molecule has 0 unspecified atom stereocenters. The molecule has 3 rings (SSSR count). The number of para-hydroxylation sites is 2. The van der Waals surface area contributed by atoms with Crippen LogP contribution >= 0.6 is 22.7 Å². The van der Waals surface area contributed by atoms with Crippen LogP contribution in [0.2, 0.25) is 0 Å². The lowest BCUT2D eigenvalue weighted by Crippen LogP contribution is -1.96. The van der Waals surface area contributed by atoms with Crippen LogP contribution in [0.25, 0.3) is 10.6 Å². The summed E-state index contributed by atoms with van der Waals surface area (Å²) >= 11 is 3.00. The summed E-state index contributed by atoms with van der Waals surface area (Å²) in [6.45, 7) is 3.91. The number of nitrogens with one attached hydrogen (secondary N) is 1. The van der Waals surface area contributed by atoms with Gasteiger partial charge in [-0.1, -0.05) is 12.1 Å². The number of nitro groups is 1. The highest BCUT2D eigenvalue weighted by atomic mass is 32.1. The highest BCUT2D eigenvalue weighted by Crippen LogP contribution is 2.34. The summed E-state index contributed by atoms with van der Waals surface area (Å²) < 4.78 is 0. The molecule has 0 fully saturated rings. The molecule has 0 spiro atoms. The minimum atomic E-state index is -0.409. The largest absolute Gasteiger partial charge is 0.326 e. The molecule has 0 amide bonds. The van der Waals surface area contributed by atoms with Gasteiger partial charge in [0.05, 0.1) is 26.2 Å². The van der Waals surface area contributed by atoms with Gasteiger partial charge in [0.15, 0.2) is 5.13 Å². The summed E-state index contributed by atoms with van der Waals surface area (Å²) in [7, 11) is 0. The molecule has 0 radical (unpaired) electrons. The number of aromatic nitrogens is 2. The van der Waals surface area contributed by atoms with Crippen molar-refractivity contribution in [2.24, 2.45) is 0 Å². The summed E-state index contributed by atoms with van der Waals surface area (Å²) in [6.07, 6.45) is 0. The Morgan fingerprint density at radius 2 is 2.00 bits per heavy atom. The van der Waals surface area contributed by atoms with Crippen LogP contribution in [0, 0.1) is 24.0 Å². The predicted molar refractivity (Wildman–Crippen MR) is 89.1 cm³/mol. The van der Waals surface area contributed by atoms with Crippen molar-refractivity contribution in [3.8, 4) is 10.6 Å². The molecule has 0 aliphatic carbocycles. The van der Waals surface area contributed by atoms with E-state index >= 15 is 0 Å². The molecule has 0 aliphatic rings. The molecule has 0 saturated heterocycles. The lowest BCUT2D eigenvalue weighted by atomic mass is 10.3. The van der Waals surface area contributed by atoms with Gasteiger partial charge in [-0.25, -0.2) is 9.97 Å². The van der Waals surface area contributed by atoms with Gasteiger partial charge in [-0.2, -0.15) is 0 Å². The fourth-order valence-corrected chi connectivity index (χ4v) is 3.73. The number of benzene rings is 1. The third-order valence-electron chi connectivity index (χ3n) is 2.98. The van der Waals surface area contributed by atoms with Gasteiger partial charge in [0, 0.05) is 11.4 Å². The van der Waals surface area contributed by atoms with Crippen LogP contribution in [0.1, 0.15) is 10.7 Å². The van der Waals surface area contributed by atoms with E-state index in [4.69, 9.17) is 0 Å². The molecule has 1 aromatic carbocycles. The second-order valence-electron chi connectivity index (χ2n) is 4.58. The molecule has 112 valence electrons. The molecule has 0 aliphatic heterocycles. The van der Waals surface area contributed by atoms with Crippen molar-refractivity contribution < 1.29 is 4.92 Å². The van der Waals surface area contributed by atoms with E-state index < -0.39 is 4.92 Å². The first-order valence-corrected chi connectivity index (χ1v) is 8.14. The maximum Gasteiger partial charge on any atom is 0.292 e. The molecule has 8 heteroatoms. The number of thiazole rings is 2. The summed E-state index contributed by atoms with van der Waals surface area (Å²) in [5.74, 6) is 0. The highest BCUT2D eigenvalue weighted by Gasteiger charge is 2.15. The molecule has 22 heavy (non-hydrogen) atoms. The first-order valence-electron chi connectivity index (χ1n) is 6.45. The van der Waals surface area contributed by atoms with Crippen molar-refractivity contribution in [1.82, 2.24) is 9.97 Å². The minimum absolute atomic E-state index is 0.0315. The van der Waals surface area contributed by atoms with Crippen LogP contribution < -0.4 is 5.32 Å². The maximum absolute atomic E-state index is 11.0. The zero-order valence-corrected chi connectivity index (χ0v) is 13.5. The Kier molecular flexibility index (Phi) is 3.86. The molecule has 0 saturated carbocycles. The van der Waals surface area contributed by atoms with Crippen molar-refractivity contribution >= 4 is 39.2 Å². The van der Waals surface area contributed by atoms with E-state index in [-0.39, 0.29) is 5.69 Å². The van der Waals surface area contributed by atoms with Crippen LogP contribution in [0.5, 0.6) is 0 Å². The molecule has 2 aromatic heterocycles. The van der Waals surface area contributed by atoms with Gasteiger partial charge in [-0.3, -0.25) is 10.1 Å². The van der Waals surface area contributed by atoms with Crippen LogP contribution in [0.4, 0.5) is 16.5 Å². The lowest BCUT2D eigenvalue weighted by molar-refractivity contribution is -0.383. The Bertz CT molecular complexity index is 841. The Morgan fingerprint density at radius 1 is 1.23 bits per heavy atom.